The second-order valence-electron chi connectivity index (χ2n) is 6.03. The van der Waals surface area contributed by atoms with E-state index in [-0.39, 0.29) is 0 Å². The molecule has 4 N–H and O–H groups in total. The van der Waals surface area contributed by atoms with E-state index in [0.717, 1.165) is 11.1 Å². The van der Waals surface area contributed by atoms with Crippen molar-refractivity contribution in [3.8, 4) is 0 Å². The Kier molecular flexibility index (Phi) is 3.72. The minimum atomic E-state index is -0.648. The van der Waals surface area contributed by atoms with Crippen LogP contribution >= 0.6 is 0 Å². The van der Waals surface area contributed by atoms with Gasteiger partial charge < -0.3 is 11.5 Å². The molecule has 0 amide bonds. The van der Waals surface area contributed by atoms with Crippen LogP contribution in [0.2, 0.25) is 0 Å². The van der Waals surface area contributed by atoms with Crippen LogP contribution in [0, 0.1) is 13.8 Å². The van der Waals surface area contributed by atoms with Gasteiger partial charge in [0.25, 0.3) is 0 Å². The molecular formula is C18H24N2. The zero-order valence-electron chi connectivity index (χ0n) is 12.8. The van der Waals surface area contributed by atoms with E-state index in [1.807, 2.05) is 38.1 Å². The summed E-state index contributed by atoms with van der Waals surface area (Å²) in [4.78, 5) is 0. The van der Waals surface area contributed by atoms with Gasteiger partial charge in [0.15, 0.2) is 0 Å². The standard InChI is InChI=1S/C18H24N2/c1-13-9-5-7-11-15(13)17(3,19)18(4,20)16-12-8-6-10-14(16)2/h5-12H,19-20H2,1-4H3. The summed E-state index contributed by atoms with van der Waals surface area (Å²) in [5, 5.41) is 0. The topological polar surface area (TPSA) is 52.0 Å². The molecule has 2 aromatic rings. The molecule has 2 heteroatoms. The van der Waals surface area contributed by atoms with E-state index in [2.05, 4.69) is 38.1 Å². The fraction of sp³-hybridized carbons (Fsp3) is 0.333. The lowest BCUT2D eigenvalue weighted by Gasteiger charge is -2.43. The zero-order valence-corrected chi connectivity index (χ0v) is 12.8. The first-order valence-corrected chi connectivity index (χ1v) is 6.98. The van der Waals surface area contributed by atoms with Crippen molar-refractivity contribution in [1.82, 2.24) is 0 Å². The second-order valence-corrected chi connectivity index (χ2v) is 6.03. The molecular weight excluding hydrogens is 244 g/mol. The van der Waals surface area contributed by atoms with Gasteiger partial charge in [-0.1, -0.05) is 48.5 Å². The van der Waals surface area contributed by atoms with Crippen molar-refractivity contribution in [2.45, 2.75) is 38.8 Å². The number of rotatable bonds is 3. The molecule has 0 spiro atoms. The largest absolute Gasteiger partial charge is 0.320 e. The molecule has 2 aromatic carbocycles. The van der Waals surface area contributed by atoms with E-state index in [1.165, 1.54) is 11.1 Å². The smallest absolute Gasteiger partial charge is 0.0605 e. The third-order valence-electron chi connectivity index (χ3n) is 4.49. The minimum absolute atomic E-state index is 0.648. The molecule has 20 heavy (non-hydrogen) atoms. The van der Waals surface area contributed by atoms with Crippen LogP contribution in [0.15, 0.2) is 48.5 Å². The molecule has 0 aliphatic heterocycles. The molecule has 0 aliphatic carbocycles. The van der Waals surface area contributed by atoms with Gasteiger partial charge in [0, 0.05) is 0 Å². The van der Waals surface area contributed by atoms with Gasteiger partial charge in [-0.15, -0.1) is 0 Å². The molecule has 2 nitrogen and oxygen atoms in total. The summed E-state index contributed by atoms with van der Waals surface area (Å²) < 4.78 is 0. The summed E-state index contributed by atoms with van der Waals surface area (Å²) in [5.74, 6) is 0. The molecule has 0 heterocycles. The molecule has 0 fully saturated rings. The van der Waals surface area contributed by atoms with Gasteiger partial charge in [-0.05, 0) is 49.9 Å². The first-order chi connectivity index (χ1) is 9.28. The lowest BCUT2D eigenvalue weighted by molar-refractivity contribution is 0.266. The lowest BCUT2D eigenvalue weighted by atomic mass is 9.70. The minimum Gasteiger partial charge on any atom is -0.320 e. The second kappa shape index (κ2) is 5.04. The fourth-order valence-corrected chi connectivity index (χ4v) is 2.87. The molecule has 2 atom stereocenters. The van der Waals surface area contributed by atoms with Crippen LogP contribution in [0.1, 0.15) is 36.1 Å². The van der Waals surface area contributed by atoms with Crippen LogP contribution in [-0.4, -0.2) is 0 Å². The van der Waals surface area contributed by atoms with E-state index in [9.17, 15) is 0 Å². The van der Waals surface area contributed by atoms with Gasteiger partial charge in [0.1, 0.15) is 0 Å². The Balaban J connectivity index is 2.58. The Morgan fingerprint density at radius 2 is 0.950 bits per heavy atom. The summed E-state index contributed by atoms with van der Waals surface area (Å²) in [6, 6.07) is 16.4. The van der Waals surface area contributed by atoms with Gasteiger partial charge in [-0.2, -0.15) is 0 Å². The predicted molar refractivity (Wildman–Crippen MR) is 85.4 cm³/mol. The van der Waals surface area contributed by atoms with Crippen LogP contribution in [0.5, 0.6) is 0 Å². The molecule has 0 saturated carbocycles. The van der Waals surface area contributed by atoms with Crippen molar-refractivity contribution in [3.63, 3.8) is 0 Å². The number of nitrogens with two attached hydrogens (primary N) is 2. The Morgan fingerprint density at radius 1 is 0.650 bits per heavy atom. The number of aryl methyl sites for hydroxylation is 2. The van der Waals surface area contributed by atoms with Crippen LogP contribution < -0.4 is 11.5 Å². The molecule has 0 aromatic heterocycles. The van der Waals surface area contributed by atoms with E-state index >= 15 is 0 Å². The molecule has 0 aliphatic rings. The molecule has 0 bridgehead atoms. The summed E-state index contributed by atoms with van der Waals surface area (Å²) in [5.41, 5.74) is 16.6. The molecule has 0 saturated heterocycles. The Labute approximate surface area is 121 Å². The highest BCUT2D eigenvalue weighted by atomic mass is 14.9. The highest BCUT2D eigenvalue weighted by Crippen LogP contribution is 2.38. The SMILES string of the molecule is Cc1ccccc1C(C)(N)C(C)(N)c1ccccc1C. The highest BCUT2D eigenvalue weighted by Gasteiger charge is 2.42. The predicted octanol–water partition coefficient (Wildman–Crippen LogP) is 3.35. The average Bonchev–Trinajstić information content (AvgIpc) is 2.39. The maximum absolute atomic E-state index is 6.69. The third kappa shape index (κ3) is 2.26. The van der Waals surface area contributed by atoms with E-state index < -0.39 is 11.1 Å². The lowest BCUT2D eigenvalue weighted by Crippen LogP contribution is -2.58. The van der Waals surface area contributed by atoms with Crippen molar-refractivity contribution >= 4 is 0 Å². The summed E-state index contributed by atoms with van der Waals surface area (Å²) in [6.07, 6.45) is 0. The normalized spacial score (nSPS) is 17.3. The van der Waals surface area contributed by atoms with Crippen molar-refractivity contribution < 1.29 is 0 Å². The molecule has 0 radical (unpaired) electrons. The Morgan fingerprint density at radius 3 is 1.25 bits per heavy atom. The van der Waals surface area contributed by atoms with Gasteiger partial charge in [-0.25, -0.2) is 0 Å². The average molecular weight is 268 g/mol. The van der Waals surface area contributed by atoms with Crippen molar-refractivity contribution in [1.29, 1.82) is 0 Å². The number of hydrogen-bond donors (Lipinski definition) is 2. The Bertz CT molecular complexity index is 557. The number of benzene rings is 2. The van der Waals surface area contributed by atoms with Gasteiger partial charge in [0.05, 0.1) is 11.1 Å². The first-order valence-electron chi connectivity index (χ1n) is 6.98. The quantitative estimate of drug-likeness (QED) is 0.897. The fourth-order valence-electron chi connectivity index (χ4n) is 2.87. The Hall–Kier alpha value is -1.64. The summed E-state index contributed by atoms with van der Waals surface area (Å²) >= 11 is 0. The maximum Gasteiger partial charge on any atom is 0.0605 e. The number of hydrogen-bond acceptors (Lipinski definition) is 2. The van der Waals surface area contributed by atoms with Crippen molar-refractivity contribution in [3.05, 3.63) is 70.8 Å². The summed E-state index contributed by atoms with van der Waals surface area (Å²) in [7, 11) is 0. The molecule has 2 unspecified atom stereocenters. The van der Waals surface area contributed by atoms with Crippen molar-refractivity contribution in [2.75, 3.05) is 0 Å². The van der Waals surface area contributed by atoms with E-state index in [1.54, 1.807) is 0 Å². The van der Waals surface area contributed by atoms with Gasteiger partial charge in [-0.3, -0.25) is 0 Å². The summed E-state index contributed by atoms with van der Waals surface area (Å²) in [6.45, 7) is 8.19. The van der Waals surface area contributed by atoms with Crippen molar-refractivity contribution in [2.24, 2.45) is 11.5 Å². The van der Waals surface area contributed by atoms with E-state index in [0.29, 0.717) is 0 Å². The molecule has 2 rings (SSSR count). The van der Waals surface area contributed by atoms with Gasteiger partial charge in [0.2, 0.25) is 0 Å². The molecule has 106 valence electrons. The van der Waals surface area contributed by atoms with Gasteiger partial charge >= 0.3 is 0 Å². The highest BCUT2D eigenvalue weighted by molar-refractivity contribution is 5.42. The third-order valence-corrected chi connectivity index (χ3v) is 4.49. The van der Waals surface area contributed by atoms with Crippen LogP contribution in [0.25, 0.3) is 0 Å². The van der Waals surface area contributed by atoms with Crippen LogP contribution in [0.3, 0.4) is 0 Å². The van der Waals surface area contributed by atoms with E-state index in [4.69, 9.17) is 11.5 Å². The van der Waals surface area contributed by atoms with Crippen LogP contribution in [-0.2, 0) is 11.1 Å². The monoisotopic (exact) mass is 268 g/mol. The maximum atomic E-state index is 6.69. The first kappa shape index (κ1) is 14.8. The zero-order chi connectivity index (χ0) is 15.0. The van der Waals surface area contributed by atoms with Crippen LogP contribution in [0.4, 0.5) is 0 Å².